The van der Waals surface area contributed by atoms with Crippen molar-refractivity contribution in [3.8, 4) is 0 Å². The molecule has 1 N–H and O–H groups in total. The van der Waals surface area contributed by atoms with Crippen LogP contribution in [0.4, 0.5) is 0 Å². The van der Waals surface area contributed by atoms with Crippen LogP contribution in [-0.4, -0.2) is 73.2 Å². The van der Waals surface area contributed by atoms with E-state index in [-0.39, 0.29) is 18.1 Å². The minimum atomic E-state index is -0.105. The van der Waals surface area contributed by atoms with Crippen molar-refractivity contribution in [2.45, 2.75) is 51.8 Å². The lowest BCUT2D eigenvalue weighted by atomic mass is 10.2. The van der Waals surface area contributed by atoms with Crippen LogP contribution in [0.25, 0.3) is 0 Å². The van der Waals surface area contributed by atoms with Gasteiger partial charge in [0.2, 0.25) is 5.91 Å². The van der Waals surface area contributed by atoms with Gasteiger partial charge in [0.05, 0.1) is 18.8 Å². The summed E-state index contributed by atoms with van der Waals surface area (Å²) in [5.41, 5.74) is 0. The molecule has 2 fully saturated rings. The maximum absolute atomic E-state index is 12.2. The second kappa shape index (κ2) is 7.38. The van der Waals surface area contributed by atoms with Crippen LogP contribution in [0.2, 0.25) is 0 Å². The van der Waals surface area contributed by atoms with Gasteiger partial charge in [-0.15, -0.1) is 0 Å². The summed E-state index contributed by atoms with van der Waals surface area (Å²) in [4.78, 5) is 16.6. The zero-order valence-corrected chi connectivity index (χ0v) is 13.1. The molecule has 2 atom stereocenters. The molecule has 1 amide bonds. The first-order chi connectivity index (χ1) is 9.58. The average molecular weight is 283 g/mol. The Bertz CT molecular complexity index is 316. The number of hydrogen-bond donors (Lipinski definition) is 1. The summed E-state index contributed by atoms with van der Waals surface area (Å²) in [6, 6.07) is 0.455. The lowest BCUT2D eigenvalue weighted by molar-refractivity contribution is -0.132. The number of carbonyl (C=O) groups is 1. The fraction of sp³-hybridized carbons (Fsp3) is 0.933. The van der Waals surface area contributed by atoms with Gasteiger partial charge in [0, 0.05) is 38.8 Å². The summed E-state index contributed by atoms with van der Waals surface area (Å²) in [5.74, 6) is 0.235. The second-order valence-electron chi connectivity index (χ2n) is 6.24. The van der Waals surface area contributed by atoms with Crippen LogP contribution in [0.15, 0.2) is 0 Å². The van der Waals surface area contributed by atoms with Gasteiger partial charge in [0.15, 0.2) is 0 Å². The number of hydrogen-bond acceptors (Lipinski definition) is 4. The molecule has 2 aliphatic heterocycles. The van der Waals surface area contributed by atoms with Crippen molar-refractivity contribution in [3.63, 3.8) is 0 Å². The number of nitrogens with zero attached hydrogens (tertiary/aromatic N) is 2. The smallest absolute Gasteiger partial charge is 0.239 e. The number of nitrogens with one attached hydrogen (secondary N) is 1. The normalized spacial score (nSPS) is 26.2. The zero-order chi connectivity index (χ0) is 14.5. The topological polar surface area (TPSA) is 44.8 Å². The van der Waals surface area contributed by atoms with E-state index in [1.165, 1.54) is 0 Å². The molecule has 0 radical (unpaired) electrons. The SMILES string of the molecule is CC(NCC1CN(C(C)C)CCO1)C(=O)N1CCCC1. The molecule has 2 rings (SSSR count). The van der Waals surface area contributed by atoms with Crippen molar-refractivity contribution in [1.82, 2.24) is 15.1 Å². The molecule has 5 nitrogen and oxygen atoms in total. The van der Waals surface area contributed by atoms with Crippen LogP contribution in [-0.2, 0) is 9.53 Å². The Kier molecular flexibility index (Phi) is 5.81. The Morgan fingerprint density at radius 1 is 1.25 bits per heavy atom. The summed E-state index contributed by atoms with van der Waals surface area (Å²) in [6.07, 6.45) is 2.49. The zero-order valence-electron chi connectivity index (χ0n) is 13.1. The quantitative estimate of drug-likeness (QED) is 0.806. The van der Waals surface area contributed by atoms with Crippen molar-refractivity contribution in [2.24, 2.45) is 0 Å². The molecule has 5 heteroatoms. The first-order valence-corrected chi connectivity index (χ1v) is 7.95. The van der Waals surface area contributed by atoms with E-state index in [0.29, 0.717) is 6.04 Å². The molecule has 2 heterocycles. The van der Waals surface area contributed by atoms with Gasteiger partial charge in [-0.05, 0) is 33.6 Å². The third-order valence-electron chi connectivity index (χ3n) is 4.34. The maximum atomic E-state index is 12.2. The fourth-order valence-corrected chi connectivity index (χ4v) is 2.94. The van der Waals surface area contributed by atoms with Crippen LogP contribution in [0.3, 0.4) is 0 Å². The van der Waals surface area contributed by atoms with Gasteiger partial charge in [0.25, 0.3) is 0 Å². The highest BCUT2D eigenvalue weighted by Crippen LogP contribution is 2.10. The van der Waals surface area contributed by atoms with Crippen LogP contribution in [0.5, 0.6) is 0 Å². The molecule has 2 unspecified atom stereocenters. The molecule has 0 aliphatic carbocycles. The average Bonchev–Trinajstić information content (AvgIpc) is 2.98. The molecule has 116 valence electrons. The highest BCUT2D eigenvalue weighted by Gasteiger charge is 2.26. The Hall–Kier alpha value is -0.650. The maximum Gasteiger partial charge on any atom is 0.239 e. The van der Waals surface area contributed by atoms with Crippen LogP contribution < -0.4 is 5.32 Å². The van der Waals surface area contributed by atoms with E-state index in [2.05, 4.69) is 24.1 Å². The number of carbonyl (C=O) groups excluding carboxylic acids is 1. The van der Waals surface area contributed by atoms with Crippen molar-refractivity contribution in [2.75, 3.05) is 39.3 Å². The van der Waals surface area contributed by atoms with E-state index >= 15 is 0 Å². The van der Waals surface area contributed by atoms with E-state index in [1.54, 1.807) is 0 Å². The summed E-state index contributed by atoms with van der Waals surface area (Å²) >= 11 is 0. The highest BCUT2D eigenvalue weighted by atomic mass is 16.5. The van der Waals surface area contributed by atoms with Gasteiger partial charge in [-0.25, -0.2) is 0 Å². The number of ether oxygens (including phenoxy) is 1. The summed E-state index contributed by atoms with van der Waals surface area (Å²) in [7, 11) is 0. The third kappa shape index (κ3) is 4.17. The molecule has 2 saturated heterocycles. The molecule has 0 bridgehead atoms. The Morgan fingerprint density at radius 3 is 2.60 bits per heavy atom. The Labute approximate surface area is 122 Å². The van der Waals surface area contributed by atoms with Crippen LogP contribution in [0.1, 0.15) is 33.6 Å². The van der Waals surface area contributed by atoms with Crippen LogP contribution >= 0.6 is 0 Å². The molecule has 2 aliphatic rings. The number of morpholine rings is 1. The summed E-state index contributed by atoms with van der Waals surface area (Å²) < 4.78 is 5.78. The van der Waals surface area contributed by atoms with Gasteiger partial charge < -0.3 is 15.0 Å². The lowest BCUT2D eigenvalue weighted by Gasteiger charge is -2.36. The van der Waals surface area contributed by atoms with Gasteiger partial charge in [-0.3, -0.25) is 9.69 Å². The van der Waals surface area contributed by atoms with Crippen LogP contribution in [0, 0.1) is 0 Å². The monoisotopic (exact) mass is 283 g/mol. The molecular formula is C15H29N3O2. The Morgan fingerprint density at radius 2 is 1.95 bits per heavy atom. The third-order valence-corrected chi connectivity index (χ3v) is 4.34. The first-order valence-electron chi connectivity index (χ1n) is 7.95. The van der Waals surface area contributed by atoms with Gasteiger partial charge in [-0.1, -0.05) is 0 Å². The van der Waals surface area contributed by atoms with Crippen molar-refractivity contribution in [3.05, 3.63) is 0 Å². The van der Waals surface area contributed by atoms with Crippen molar-refractivity contribution in [1.29, 1.82) is 0 Å². The van der Waals surface area contributed by atoms with E-state index in [4.69, 9.17) is 4.74 Å². The molecule has 0 spiro atoms. The lowest BCUT2D eigenvalue weighted by Crippen LogP contribution is -2.52. The standard InChI is InChI=1S/C15H29N3O2/c1-12(2)18-8-9-20-14(11-18)10-16-13(3)15(19)17-6-4-5-7-17/h12-14,16H,4-11H2,1-3H3. The molecule has 0 saturated carbocycles. The van der Waals surface area contributed by atoms with Crippen molar-refractivity contribution >= 4 is 5.91 Å². The number of likely N-dealkylation sites (tertiary alicyclic amines) is 1. The van der Waals surface area contributed by atoms with Gasteiger partial charge in [0.1, 0.15) is 0 Å². The van der Waals surface area contributed by atoms with E-state index < -0.39 is 0 Å². The second-order valence-corrected chi connectivity index (χ2v) is 6.24. The summed E-state index contributed by atoms with van der Waals surface area (Å²) in [5, 5.41) is 3.35. The molecular weight excluding hydrogens is 254 g/mol. The highest BCUT2D eigenvalue weighted by molar-refractivity contribution is 5.81. The molecule has 0 aromatic rings. The number of rotatable bonds is 5. The molecule has 0 aromatic heterocycles. The van der Waals surface area contributed by atoms with Gasteiger partial charge in [-0.2, -0.15) is 0 Å². The van der Waals surface area contributed by atoms with E-state index in [9.17, 15) is 4.79 Å². The molecule has 20 heavy (non-hydrogen) atoms. The molecule has 0 aromatic carbocycles. The van der Waals surface area contributed by atoms with Gasteiger partial charge >= 0.3 is 0 Å². The van der Waals surface area contributed by atoms with E-state index in [0.717, 1.165) is 52.2 Å². The van der Waals surface area contributed by atoms with Crippen molar-refractivity contribution < 1.29 is 9.53 Å². The predicted molar refractivity (Wildman–Crippen MR) is 79.7 cm³/mol. The number of amides is 1. The fourth-order valence-electron chi connectivity index (χ4n) is 2.94. The Balaban J connectivity index is 1.72. The minimum absolute atomic E-state index is 0.105. The largest absolute Gasteiger partial charge is 0.374 e. The first kappa shape index (κ1) is 15.7. The minimum Gasteiger partial charge on any atom is -0.374 e. The predicted octanol–water partition coefficient (Wildman–Crippen LogP) is 0.696. The summed E-state index contributed by atoms with van der Waals surface area (Å²) in [6.45, 7) is 11.8. The van der Waals surface area contributed by atoms with E-state index in [1.807, 2.05) is 11.8 Å².